The van der Waals surface area contributed by atoms with Gasteiger partial charge in [-0.05, 0) is 50.5 Å². The van der Waals surface area contributed by atoms with Gasteiger partial charge in [-0.2, -0.15) is 0 Å². The predicted octanol–water partition coefficient (Wildman–Crippen LogP) is 2.58. The number of nitrogens with one attached hydrogen (secondary N) is 1. The maximum absolute atomic E-state index is 9.72. The van der Waals surface area contributed by atoms with Gasteiger partial charge < -0.3 is 15.2 Å². The summed E-state index contributed by atoms with van der Waals surface area (Å²) < 4.78 is 5.82. The maximum Gasteiger partial charge on any atom is 0.0679 e. The van der Waals surface area contributed by atoms with Crippen LogP contribution >= 0.6 is 0 Å². The van der Waals surface area contributed by atoms with E-state index in [2.05, 4.69) is 26.1 Å². The van der Waals surface area contributed by atoms with Gasteiger partial charge in [0.2, 0.25) is 0 Å². The lowest BCUT2D eigenvalue weighted by Crippen LogP contribution is -2.54. The zero-order chi connectivity index (χ0) is 13.4. The minimum absolute atomic E-state index is 0.173. The molecule has 0 bridgehead atoms. The lowest BCUT2D eigenvalue weighted by molar-refractivity contribution is 0.0218. The second-order valence-electron chi connectivity index (χ2n) is 6.10. The molecule has 1 saturated carbocycles. The predicted molar refractivity (Wildman–Crippen MR) is 75.7 cm³/mol. The van der Waals surface area contributed by atoms with Crippen molar-refractivity contribution in [2.45, 2.75) is 58.4 Å². The van der Waals surface area contributed by atoms with Gasteiger partial charge in [0.05, 0.1) is 18.8 Å². The van der Waals surface area contributed by atoms with Crippen LogP contribution in [0.15, 0.2) is 0 Å². The van der Waals surface area contributed by atoms with Crippen molar-refractivity contribution in [2.24, 2.45) is 11.8 Å². The van der Waals surface area contributed by atoms with E-state index in [4.69, 9.17) is 4.74 Å². The Labute approximate surface area is 112 Å². The first-order valence-corrected chi connectivity index (χ1v) is 7.58. The summed E-state index contributed by atoms with van der Waals surface area (Å²) in [6.45, 7) is 9.28. The standard InChI is InChI=1S/C15H31NO2/c1-4-9-16-15(11-17,14-7-8-14)12-18-10-5-6-13(2)3/h13-14,16-17H,4-12H2,1-3H3. The summed E-state index contributed by atoms with van der Waals surface area (Å²) in [4.78, 5) is 0. The van der Waals surface area contributed by atoms with Gasteiger partial charge >= 0.3 is 0 Å². The van der Waals surface area contributed by atoms with Crippen LogP contribution in [0.2, 0.25) is 0 Å². The minimum Gasteiger partial charge on any atom is -0.394 e. The topological polar surface area (TPSA) is 41.5 Å². The summed E-state index contributed by atoms with van der Waals surface area (Å²) in [7, 11) is 0. The van der Waals surface area contributed by atoms with Crippen molar-refractivity contribution in [3.05, 3.63) is 0 Å². The van der Waals surface area contributed by atoms with Crippen LogP contribution in [0.3, 0.4) is 0 Å². The van der Waals surface area contributed by atoms with Crippen molar-refractivity contribution in [2.75, 3.05) is 26.4 Å². The average Bonchev–Trinajstić information content (AvgIpc) is 3.17. The Balaban J connectivity index is 2.27. The van der Waals surface area contributed by atoms with Gasteiger partial charge in [0.1, 0.15) is 0 Å². The Morgan fingerprint density at radius 1 is 1.39 bits per heavy atom. The third-order valence-corrected chi connectivity index (χ3v) is 3.80. The Morgan fingerprint density at radius 2 is 2.11 bits per heavy atom. The Kier molecular flexibility index (Phi) is 7.20. The molecule has 1 unspecified atom stereocenters. The summed E-state index contributed by atoms with van der Waals surface area (Å²) in [5, 5.41) is 13.2. The summed E-state index contributed by atoms with van der Waals surface area (Å²) in [5.41, 5.74) is -0.173. The highest BCUT2D eigenvalue weighted by molar-refractivity contribution is 5.00. The molecule has 108 valence electrons. The number of rotatable bonds is 11. The van der Waals surface area contributed by atoms with Crippen LogP contribution in [0.25, 0.3) is 0 Å². The molecule has 18 heavy (non-hydrogen) atoms. The van der Waals surface area contributed by atoms with Crippen molar-refractivity contribution in [3.8, 4) is 0 Å². The molecule has 1 fully saturated rings. The largest absolute Gasteiger partial charge is 0.394 e. The lowest BCUT2D eigenvalue weighted by Gasteiger charge is -2.33. The van der Waals surface area contributed by atoms with Gasteiger partial charge in [0, 0.05) is 6.61 Å². The van der Waals surface area contributed by atoms with E-state index in [1.807, 2.05) is 0 Å². The van der Waals surface area contributed by atoms with Crippen LogP contribution in [0, 0.1) is 11.8 Å². The van der Waals surface area contributed by atoms with E-state index in [0.717, 1.165) is 31.9 Å². The maximum atomic E-state index is 9.72. The molecular weight excluding hydrogens is 226 g/mol. The Hall–Kier alpha value is -0.120. The summed E-state index contributed by atoms with van der Waals surface area (Å²) in [5.74, 6) is 1.36. The molecule has 0 aliphatic heterocycles. The number of hydrogen-bond acceptors (Lipinski definition) is 3. The third-order valence-electron chi connectivity index (χ3n) is 3.80. The molecule has 0 heterocycles. The second-order valence-corrected chi connectivity index (χ2v) is 6.10. The third kappa shape index (κ3) is 5.25. The fraction of sp³-hybridized carbons (Fsp3) is 1.00. The first-order valence-electron chi connectivity index (χ1n) is 7.58. The first kappa shape index (κ1) is 15.9. The normalized spacial score (nSPS) is 19.2. The summed E-state index contributed by atoms with van der Waals surface area (Å²) in [6.07, 6.45) is 5.90. The number of ether oxygens (including phenoxy) is 1. The van der Waals surface area contributed by atoms with E-state index in [0.29, 0.717) is 12.5 Å². The first-order chi connectivity index (χ1) is 8.64. The van der Waals surface area contributed by atoms with Gasteiger partial charge in [-0.25, -0.2) is 0 Å². The number of hydrogen-bond donors (Lipinski definition) is 2. The quantitative estimate of drug-likeness (QED) is 0.559. The molecule has 0 saturated heterocycles. The van der Waals surface area contributed by atoms with Gasteiger partial charge in [-0.15, -0.1) is 0 Å². The van der Waals surface area contributed by atoms with Crippen molar-refractivity contribution in [1.82, 2.24) is 5.32 Å². The summed E-state index contributed by atoms with van der Waals surface area (Å²) in [6, 6.07) is 0. The smallest absolute Gasteiger partial charge is 0.0679 e. The number of aliphatic hydroxyl groups is 1. The van der Waals surface area contributed by atoms with Crippen molar-refractivity contribution >= 4 is 0 Å². The molecule has 1 aliphatic carbocycles. The van der Waals surface area contributed by atoms with Gasteiger partial charge in [-0.3, -0.25) is 0 Å². The van der Waals surface area contributed by atoms with E-state index in [1.165, 1.54) is 19.3 Å². The molecular formula is C15H31NO2. The zero-order valence-corrected chi connectivity index (χ0v) is 12.4. The second kappa shape index (κ2) is 8.13. The zero-order valence-electron chi connectivity index (χ0n) is 12.4. The Morgan fingerprint density at radius 3 is 2.61 bits per heavy atom. The van der Waals surface area contributed by atoms with E-state index in [9.17, 15) is 5.11 Å². The van der Waals surface area contributed by atoms with Crippen LogP contribution < -0.4 is 5.32 Å². The van der Waals surface area contributed by atoms with Crippen LogP contribution in [-0.2, 0) is 4.74 Å². The number of aliphatic hydroxyl groups excluding tert-OH is 1. The monoisotopic (exact) mass is 257 g/mol. The van der Waals surface area contributed by atoms with Crippen LogP contribution in [0.4, 0.5) is 0 Å². The van der Waals surface area contributed by atoms with Gasteiger partial charge in [0.15, 0.2) is 0 Å². The molecule has 2 N–H and O–H groups in total. The van der Waals surface area contributed by atoms with Crippen LogP contribution in [-0.4, -0.2) is 37.0 Å². The molecule has 3 heteroatoms. The van der Waals surface area contributed by atoms with E-state index < -0.39 is 0 Å². The van der Waals surface area contributed by atoms with Gasteiger partial charge in [-0.1, -0.05) is 20.8 Å². The highest BCUT2D eigenvalue weighted by Crippen LogP contribution is 2.39. The molecule has 0 amide bonds. The van der Waals surface area contributed by atoms with Crippen molar-refractivity contribution < 1.29 is 9.84 Å². The molecule has 1 atom stereocenters. The van der Waals surface area contributed by atoms with Crippen molar-refractivity contribution in [3.63, 3.8) is 0 Å². The van der Waals surface area contributed by atoms with Crippen molar-refractivity contribution in [1.29, 1.82) is 0 Å². The van der Waals surface area contributed by atoms with Crippen LogP contribution in [0.1, 0.15) is 52.9 Å². The molecule has 0 aromatic rings. The fourth-order valence-electron chi connectivity index (χ4n) is 2.40. The van der Waals surface area contributed by atoms with E-state index >= 15 is 0 Å². The molecule has 0 aromatic heterocycles. The highest BCUT2D eigenvalue weighted by Gasteiger charge is 2.44. The van der Waals surface area contributed by atoms with Gasteiger partial charge in [0.25, 0.3) is 0 Å². The van der Waals surface area contributed by atoms with E-state index in [1.54, 1.807) is 0 Å². The molecule has 1 aliphatic rings. The molecule has 3 nitrogen and oxygen atoms in total. The lowest BCUT2D eigenvalue weighted by atomic mass is 9.95. The minimum atomic E-state index is -0.173. The highest BCUT2D eigenvalue weighted by atomic mass is 16.5. The molecule has 0 aromatic carbocycles. The summed E-state index contributed by atoms with van der Waals surface area (Å²) >= 11 is 0. The molecule has 0 spiro atoms. The SMILES string of the molecule is CCCNC(CO)(COCCCC(C)C)C1CC1. The van der Waals surface area contributed by atoms with E-state index in [-0.39, 0.29) is 12.1 Å². The van der Waals surface area contributed by atoms with Crippen LogP contribution in [0.5, 0.6) is 0 Å². The molecule has 0 radical (unpaired) electrons. The fourth-order valence-corrected chi connectivity index (χ4v) is 2.40. The Bertz CT molecular complexity index is 217. The average molecular weight is 257 g/mol. The molecule has 1 rings (SSSR count).